The average molecular weight is 277 g/mol. The third-order valence-corrected chi connectivity index (χ3v) is 3.58. The SMILES string of the molecule is Cc1ccc(C(=O)O)c(NCCCN2CCNCC2)c1. The Morgan fingerprint density at radius 3 is 2.85 bits per heavy atom. The number of hydrogen-bond donors (Lipinski definition) is 3. The summed E-state index contributed by atoms with van der Waals surface area (Å²) in [7, 11) is 0. The van der Waals surface area contributed by atoms with Crippen molar-refractivity contribution in [1.29, 1.82) is 0 Å². The third kappa shape index (κ3) is 4.21. The molecule has 1 aromatic rings. The number of rotatable bonds is 6. The number of piperazine rings is 1. The standard InChI is InChI=1S/C15H23N3O2/c1-12-3-4-13(15(19)20)14(11-12)17-5-2-8-18-9-6-16-7-10-18/h3-4,11,16-17H,2,5-10H2,1H3,(H,19,20). The number of hydrogen-bond acceptors (Lipinski definition) is 4. The first-order valence-electron chi connectivity index (χ1n) is 7.18. The molecule has 1 saturated heterocycles. The van der Waals surface area contributed by atoms with Crippen molar-refractivity contribution in [2.24, 2.45) is 0 Å². The first-order valence-corrected chi connectivity index (χ1v) is 7.18. The molecule has 0 radical (unpaired) electrons. The summed E-state index contributed by atoms with van der Waals surface area (Å²) in [5, 5.41) is 15.7. The van der Waals surface area contributed by atoms with Gasteiger partial charge in [0.05, 0.1) is 5.56 Å². The highest BCUT2D eigenvalue weighted by Crippen LogP contribution is 2.17. The number of carboxylic acid groups (broad SMARTS) is 1. The summed E-state index contributed by atoms with van der Waals surface area (Å²) < 4.78 is 0. The van der Waals surface area contributed by atoms with E-state index in [-0.39, 0.29) is 0 Å². The topological polar surface area (TPSA) is 64.6 Å². The van der Waals surface area contributed by atoms with E-state index in [1.165, 1.54) is 0 Å². The van der Waals surface area contributed by atoms with E-state index in [1.54, 1.807) is 6.07 Å². The van der Waals surface area contributed by atoms with E-state index in [0.717, 1.165) is 56.9 Å². The van der Waals surface area contributed by atoms with Gasteiger partial charge in [0.15, 0.2) is 0 Å². The molecule has 1 aliphatic rings. The summed E-state index contributed by atoms with van der Waals surface area (Å²) in [6, 6.07) is 5.39. The number of nitrogens with zero attached hydrogens (tertiary/aromatic N) is 1. The maximum Gasteiger partial charge on any atom is 0.337 e. The Morgan fingerprint density at radius 1 is 1.40 bits per heavy atom. The van der Waals surface area contributed by atoms with Crippen molar-refractivity contribution >= 4 is 11.7 Å². The van der Waals surface area contributed by atoms with Gasteiger partial charge in [-0.25, -0.2) is 4.79 Å². The molecule has 0 aromatic heterocycles. The second-order valence-corrected chi connectivity index (χ2v) is 5.23. The van der Waals surface area contributed by atoms with E-state index >= 15 is 0 Å². The van der Waals surface area contributed by atoms with E-state index in [9.17, 15) is 4.79 Å². The van der Waals surface area contributed by atoms with Crippen LogP contribution in [0.25, 0.3) is 0 Å². The Bertz CT molecular complexity index is 456. The van der Waals surface area contributed by atoms with Gasteiger partial charge < -0.3 is 20.6 Å². The molecule has 0 saturated carbocycles. The molecule has 1 aliphatic heterocycles. The molecular weight excluding hydrogens is 254 g/mol. The van der Waals surface area contributed by atoms with E-state index in [4.69, 9.17) is 5.11 Å². The molecule has 3 N–H and O–H groups in total. The van der Waals surface area contributed by atoms with Crippen LogP contribution in [0.15, 0.2) is 18.2 Å². The second kappa shape index (κ2) is 7.26. The number of aromatic carboxylic acids is 1. The second-order valence-electron chi connectivity index (χ2n) is 5.23. The van der Waals surface area contributed by atoms with Crippen LogP contribution in [-0.2, 0) is 0 Å². The molecule has 0 amide bonds. The first-order chi connectivity index (χ1) is 9.66. The highest BCUT2D eigenvalue weighted by atomic mass is 16.4. The Morgan fingerprint density at radius 2 is 2.15 bits per heavy atom. The lowest BCUT2D eigenvalue weighted by Crippen LogP contribution is -2.44. The normalized spacial score (nSPS) is 16.1. The van der Waals surface area contributed by atoms with Crippen molar-refractivity contribution in [2.75, 3.05) is 44.6 Å². The zero-order chi connectivity index (χ0) is 14.4. The van der Waals surface area contributed by atoms with Crippen molar-refractivity contribution in [3.8, 4) is 0 Å². The molecule has 110 valence electrons. The van der Waals surface area contributed by atoms with Crippen LogP contribution in [-0.4, -0.2) is 55.2 Å². The Balaban J connectivity index is 1.81. The molecule has 5 heteroatoms. The van der Waals surface area contributed by atoms with Crippen molar-refractivity contribution in [2.45, 2.75) is 13.3 Å². The zero-order valence-electron chi connectivity index (χ0n) is 12.0. The van der Waals surface area contributed by atoms with Gasteiger partial charge in [-0.05, 0) is 37.6 Å². The summed E-state index contributed by atoms with van der Waals surface area (Å²) in [6.45, 7) is 8.16. The number of aryl methyl sites for hydroxylation is 1. The van der Waals surface area contributed by atoms with Crippen LogP contribution in [0.4, 0.5) is 5.69 Å². The molecule has 0 aliphatic carbocycles. The molecule has 1 fully saturated rings. The lowest BCUT2D eigenvalue weighted by Gasteiger charge is -2.27. The smallest absolute Gasteiger partial charge is 0.337 e. The van der Waals surface area contributed by atoms with Gasteiger partial charge in [-0.3, -0.25) is 0 Å². The van der Waals surface area contributed by atoms with E-state index in [1.807, 2.05) is 19.1 Å². The molecular formula is C15H23N3O2. The predicted molar refractivity (Wildman–Crippen MR) is 80.6 cm³/mol. The summed E-state index contributed by atoms with van der Waals surface area (Å²) in [6.07, 6.45) is 1.02. The lowest BCUT2D eigenvalue weighted by molar-refractivity contribution is 0.0698. The summed E-state index contributed by atoms with van der Waals surface area (Å²) in [4.78, 5) is 13.6. The largest absolute Gasteiger partial charge is 0.478 e. The summed E-state index contributed by atoms with van der Waals surface area (Å²) >= 11 is 0. The van der Waals surface area contributed by atoms with Gasteiger partial charge >= 0.3 is 5.97 Å². The Labute approximate surface area is 120 Å². The van der Waals surface area contributed by atoms with Gasteiger partial charge in [0, 0.05) is 38.4 Å². The quantitative estimate of drug-likeness (QED) is 0.686. The van der Waals surface area contributed by atoms with Crippen molar-refractivity contribution in [3.63, 3.8) is 0 Å². The fourth-order valence-electron chi connectivity index (χ4n) is 2.45. The maximum atomic E-state index is 11.2. The fraction of sp³-hybridized carbons (Fsp3) is 0.533. The van der Waals surface area contributed by atoms with Crippen molar-refractivity contribution < 1.29 is 9.90 Å². The fourth-order valence-corrected chi connectivity index (χ4v) is 2.45. The monoisotopic (exact) mass is 277 g/mol. The van der Waals surface area contributed by atoms with Gasteiger partial charge in [0.1, 0.15) is 0 Å². The molecule has 5 nitrogen and oxygen atoms in total. The average Bonchev–Trinajstić information content (AvgIpc) is 2.44. The minimum absolute atomic E-state index is 0.345. The minimum atomic E-state index is -0.880. The third-order valence-electron chi connectivity index (χ3n) is 3.58. The van der Waals surface area contributed by atoms with Crippen LogP contribution in [0.1, 0.15) is 22.3 Å². The zero-order valence-corrected chi connectivity index (χ0v) is 12.0. The highest BCUT2D eigenvalue weighted by molar-refractivity contribution is 5.94. The summed E-state index contributed by atoms with van der Waals surface area (Å²) in [5.41, 5.74) is 2.13. The molecule has 0 spiro atoms. The van der Waals surface area contributed by atoms with Gasteiger partial charge in [-0.2, -0.15) is 0 Å². The molecule has 0 unspecified atom stereocenters. The van der Waals surface area contributed by atoms with E-state index in [2.05, 4.69) is 15.5 Å². The number of carbonyl (C=O) groups is 1. The minimum Gasteiger partial charge on any atom is -0.478 e. The van der Waals surface area contributed by atoms with E-state index < -0.39 is 5.97 Å². The highest BCUT2D eigenvalue weighted by Gasteiger charge is 2.11. The Kier molecular flexibility index (Phi) is 5.38. The van der Waals surface area contributed by atoms with Crippen LogP contribution in [0.3, 0.4) is 0 Å². The molecule has 0 bridgehead atoms. The predicted octanol–water partition coefficient (Wildman–Crippen LogP) is 1.40. The van der Waals surface area contributed by atoms with Gasteiger partial charge in [-0.1, -0.05) is 6.07 Å². The van der Waals surface area contributed by atoms with Crippen LogP contribution in [0.5, 0.6) is 0 Å². The van der Waals surface area contributed by atoms with Crippen molar-refractivity contribution in [1.82, 2.24) is 10.2 Å². The Hall–Kier alpha value is -1.59. The number of anilines is 1. The van der Waals surface area contributed by atoms with Gasteiger partial charge in [0.25, 0.3) is 0 Å². The van der Waals surface area contributed by atoms with Crippen LogP contribution in [0, 0.1) is 6.92 Å². The maximum absolute atomic E-state index is 11.2. The van der Waals surface area contributed by atoms with Crippen molar-refractivity contribution in [3.05, 3.63) is 29.3 Å². The molecule has 0 atom stereocenters. The first kappa shape index (κ1) is 14.8. The van der Waals surface area contributed by atoms with Gasteiger partial charge in [0.2, 0.25) is 0 Å². The number of benzene rings is 1. The van der Waals surface area contributed by atoms with Crippen LogP contribution >= 0.6 is 0 Å². The summed E-state index contributed by atoms with van der Waals surface area (Å²) in [5.74, 6) is -0.880. The van der Waals surface area contributed by atoms with E-state index in [0.29, 0.717) is 5.56 Å². The molecule has 1 heterocycles. The van der Waals surface area contributed by atoms with Gasteiger partial charge in [-0.15, -0.1) is 0 Å². The van der Waals surface area contributed by atoms with Crippen LogP contribution in [0.2, 0.25) is 0 Å². The van der Waals surface area contributed by atoms with Crippen LogP contribution < -0.4 is 10.6 Å². The lowest BCUT2D eigenvalue weighted by atomic mass is 10.1. The molecule has 2 rings (SSSR count). The molecule has 1 aromatic carbocycles. The number of nitrogens with one attached hydrogen (secondary N) is 2. The molecule has 20 heavy (non-hydrogen) atoms. The number of carboxylic acids is 1.